The molecular formula is C13H33N. The lowest BCUT2D eigenvalue weighted by Gasteiger charge is -2.15. The highest BCUT2D eigenvalue weighted by atomic mass is 14.7. The maximum atomic E-state index is 2.75. The summed E-state index contributed by atoms with van der Waals surface area (Å²) in [6.45, 7) is 10.4. The van der Waals surface area contributed by atoms with Gasteiger partial charge in [-0.15, -0.1) is 0 Å². The number of rotatable bonds is 0. The number of nitrogens with one attached hydrogen (secondary N) is 1. The zero-order valence-corrected chi connectivity index (χ0v) is 11.6. The van der Waals surface area contributed by atoms with Crippen molar-refractivity contribution in [3.05, 3.63) is 0 Å². The van der Waals surface area contributed by atoms with E-state index in [1.807, 2.05) is 41.8 Å². The van der Waals surface area contributed by atoms with Gasteiger partial charge in [0.15, 0.2) is 0 Å². The van der Waals surface area contributed by atoms with E-state index in [4.69, 9.17) is 0 Å². The first-order valence-corrected chi connectivity index (χ1v) is 6.39. The summed E-state index contributed by atoms with van der Waals surface area (Å²) in [6.07, 6.45) is 7.44. The van der Waals surface area contributed by atoms with Gasteiger partial charge in [-0.2, -0.15) is 0 Å². The van der Waals surface area contributed by atoms with Gasteiger partial charge in [0.1, 0.15) is 0 Å². The highest BCUT2D eigenvalue weighted by Crippen LogP contribution is 2.21. The van der Waals surface area contributed by atoms with Crippen molar-refractivity contribution in [2.45, 2.75) is 66.7 Å². The summed E-state index contributed by atoms with van der Waals surface area (Å²) >= 11 is 0. The molecule has 0 radical (unpaired) electrons. The third kappa shape index (κ3) is 22.7. The lowest BCUT2D eigenvalue weighted by atomic mass is 9.91. The molecule has 0 spiro atoms. The van der Waals surface area contributed by atoms with E-state index in [1.165, 1.54) is 32.1 Å². The minimum absolute atomic E-state index is 1.04. The average molecular weight is 203 g/mol. The van der Waals surface area contributed by atoms with Crippen LogP contribution >= 0.6 is 0 Å². The van der Waals surface area contributed by atoms with Crippen molar-refractivity contribution in [1.82, 2.24) is 5.32 Å². The Balaban J connectivity index is -0.000000148. The molecule has 0 aromatic rings. The largest absolute Gasteiger partial charge is 0.323 e. The molecule has 0 amide bonds. The van der Waals surface area contributed by atoms with Crippen molar-refractivity contribution in [2.24, 2.45) is 5.92 Å². The normalized spacial score (nSPS) is 14.8. The van der Waals surface area contributed by atoms with E-state index >= 15 is 0 Å². The van der Waals surface area contributed by atoms with Crippen LogP contribution in [0, 0.1) is 5.92 Å². The molecule has 0 aromatic carbocycles. The first kappa shape index (κ1) is 19.5. The second-order valence-corrected chi connectivity index (χ2v) is 3.24. The Morgan fingerprint density at radius 1 is 0.786 bits per heavy atom. The Bertz CT molecular complexity index is 56.3. The van der Waals surface area contributed by atoms with Gasteiger partial charge in [0, 0.05) is 0 Å². The Labute approximate surface area is 92.7 Å². The summed E-state index contributed by atoms with van der Waals surface area (Å²) in [5.74, 6) is 1.04. The monoisotopic (exact) mass is 203 g/mol. The molecule has 1 nitrogen and oxygen atoms in total. The third-order valence-corrected chi connectivity index (χ3v) is 1.89. The van der Waals surface area contributed by atoms with Crippen molar-refractivity contribution >= 4 is 0 Å². The second-order valence-electron chi connectivity index (χ2n) is 3.24. The van der Waals surface area contributed by atoms with E-state index in [-0.39, 0.29) is 0 Å². The number of hydrogen-bond acceptors (Lipinski definition) is 1. The van der Waals surface area contributed by atoms with Crippen LogP contribution in [0.1, 0.15) is 66.7 Å². The van der Waals surface area contributed by atoms with Crippen LogP contribution in [0.25, 0.3) is 0 Å². The summed E-state index contributed by atoms with van der Waals surface area (Å²) in [7, 11) is 3.75. The topological polar surface area (TPSA) is 12.0 Å². The molecule has 1 N–H and O–H groups in total. The van der Waals surface area contributed by atoms with Gasteiger partial charge in [0.2, 0.25) is 0 Å². The Morgan fingerprint density at radius 3 is 1.21 bits per heavy atom. The molecule has 1 heteroatoms. The zero-order chi connectivity index (χ0) is 11.8. The number of hydrogen-bond donors (Lipinski definition) is 1. The Hall–Kier alpha value is -0.0400. The van der Waals surface area contributed by atoms with Crippen LogP contribution in [0.2, 0.25) is 0 Å². The molecule has 0 atom stereocenters. The maximum absolute atomic E-state index is 2.75. The smallest absolute Gasteiger partial charge is 0.0167 e. The summed E-state index contributed by atoms with van der Waals surface area (Å²) in [4.78, 5) is 0. The first-order chi connectivity index (χ1) is 6.81. The molecule has 14 heavy (non-hydrogen) atoms. The van der Waals surface area contributed by atoms with Crippen molar-refractivity contribution in [1.29, 1.82) is 0 Å². The predicted octanol–water partition coefficient (Wildman–Crippen LogP) is 4.47. The van der Waals surface area contributed by atoms with Gasteiger partial charge in [-0.05, 0) is 20.0 Å². The minimum Gasteiger partial charge on any atom is -0.323 e. The fraction of sp³-hybridized carbons (Fsp3) is 1.00. The molecule has 1 rings (SSSR count). The van der Waals surface area contributed by atoms with Crippen LogP contribution in [0.5, 0.6) is 0 Å². The molecule has 0 saturated heterocycles. The van der Waals surface area contributed by atoms with E-state index in [2.05, 4.69) is 12.2 Å². The van der Waals surface area contributed by atoms with Gasteiger partial charge in [-0.3, -0.25) is 0 Å². The zero-order valence-electron chi connectivity index (χ0n) is 11.6. The summed E-state index contributed by atoms with van der Waals surface area (Å²) in [5.41, 5.74) is 0. The molecule has 0 aliphatic heterocycles. The highest BCUT2D eigenvalue weighted by molar-refractivity contribution is 4.59. The minimum atomic E-state index is 1.04. The SMILES string of the molecule is CC.CC.CC1CCCCC1.CNC. The van der Waals surface area contributed by atoms with E-state index in [1.54, 1.807) is 0 Å². The molecule has 1 fully saturated rings. The van der Waals surface area contributed by atoms with Gasteiger partial charge in [-0.25, -0.2) is 0 Å². The van der Waals surface area contributed by atoms with Crippen LogP contribution in [-0.2, 0) is 0 Å². The van der Waals surface area contributed by atoms with Crippen LogP contribution in [-0.4, -0.2) is 14.1 Å². The van der Waals surface area contributed by atoms with Gasteiger partial charge in [0.25, 0.3) is 0 Å². The molecule has 90 valence electrons. The molecule has 1 saturated carbocycles. The third-order valence-electron chi connectivity index (χ3n) is 1.89. The van der Waals surface area contributed by atoms with E-state index in [0.717, 1.165) is 5.92 Å². The van der Waals surface area contributed by atoms with Gasteiger partial charge in [0.05, 0.1) is 0 Å². The fourth-order valence-electron chi connectivity index (χ4n) is 1.31. The van der Waals surface area contributed by atoms with Crippen molar-refractivity contribution in [3.63, 3.8) is 0 Å². The highest BCUT2D eigenvalue weighted by Gasteiger charge is 2.05. The lowest BCUT2D eigenvalue weighted by Crippen LogP contribution is -1.99. The van der Waals surface area contributed by atoms with Crippen LogP contribution < -0.4 is 5.32 Å². The molecule has 1 aliphatic carbocycles. The summed E-state index contributed by atoms with van der Waals surface area (Å²) < 4.78 is 0. The maximum Gasteiger partial charge on any atom is -0.0167 e. The first-order valence-electron chi connectivity index (χ1n) is 6.39. The molecule has 0 bridgehead atoms. The van der Waals surface area contributed by atoms with E-state index < -0.39 is 0 Å². The van der Waals surface area contributed by atoms with Crippen LogP contribution in [0.15, 0.2) is 0 Å². The molecular weight excluding hydrogens is 170 g/mol. The summed E-state index contributed by atoms with van der Waals surface area (Å²) in [5, 5.41) is 2.75. The van der Waals surface area contributed by atoms with E-state index in [9.17, 15) is 0 Å². The Morgan fingerprint density at radius 2 is 1.07 bits per heavy atom. The van der Waals surface area contributed by atoms with Gasteiger partial charge >= 0.3 is 0 Å². The van der Waals surface area contributed by atoms with Gasteiger partial charge in [-0.1, -0.05) is 66.7 Å². The molecule has 0 aromatic heterocycles. The second kappa shape index (κ2) is 23.1. The fourth-order valence-corrected chi connectivity index (χ4v) is 1.31. The van der Waals surface area contributed by atoms with Crippen molar-refractivity contribution in [3.8, 4) is 0 Å². The van der Waals surface area contributed by atoms with Gasteiger partial charge < -0.3 is 5.32 Å². The average Bonchev–Trinajstić information content (AvgIpc) is 2.26. The Kier molecular flexibility index (Phi) is 32.2. The quantitative estimate of drug-likeness (QED) is 0.612. The van der Waals surface area contributed by atoms with Crippen molar-refractivity contribution < 1.29 is 0 Å². The molecule has 0 heterocycles. The van der Waals surface area contributed by atoms with Crippen LogP contribution in [0.4, 0.5) is 0 Å². The predicted molar refractivity (Wildman–Crippen MR) is 69.9 cm³/mol. The molecule has 1 aliphatic rings. The van der Waals surface area contributed by atoms with E-state index in [0.29, 0.717) is 0 Å². The summed E-state index contributed by atoms with van der Waals surface area (Å²) in [6, 6.07) is 0. The standard InChI is InChI=1S/C7H14.C2H7N.2C2H6/c1-7-5-3-2-4-6-7;1-3-2;2*1-2/h7H,2-6H2,1H3;3H,1-2H3;2*1-2H3. The lowest BCUT2D eigenvalue weighted by molar-refractivity contribution is 0.385. The van der Waals surface area contributed by atoms with Crippen LogP contribution in [0.3, 0.4) is 0 Å². The molecule has 0 unspecified atom stereocenters. The van der Waals surface area contributed by atoms with Crippen molar-refractivity contribution in [2.75, 3.05) is 14.1 Å².